The van der Waals surface area contributed by atoms with Crippen LogP contribution < -0.4 is 26.5 Å². The first-order valence-corrected chi connectivity index (χ1v) is 3.39. The van der Waals surface area contributed by atoms with Gasteiger partial charge in [0.2, 0.25) is 0 Å². The second-order valence-corrected chi connectivity index (χ2v) is 2.20. The van der Waals surface area contributed by atoms with Crippen molar-refractivity contribution < 1.29 is 26.5 Å². The minimum Gasteiger partial charge on any atom is -1.00 e. The van der Waals surface area contributed by atoms with Crippen molar-refractivity contribution in [1.82, 2.24) is 0 Å². The molecule has 1 aromatic rings. The van der Waals surface area contributed by atoms with E-state index in [1.54, 1.807) is 14.2 Å². The Kier molecular flexibility index (Phi) is 8.92. The van der Waals surface area contributed by atoms with Crippen molar-refractivity contribution in [2.75, 3.05) is 14.2 Å². The molecule has 68 valence electrons. The van der Waals surface area contributed by atoms with Gasteiger partial charge in [0.1, 0.15) is 0 Å². The van der Waals surface area contributed by atoms with Crippen LogP contribution in [0.3, 0.4) is 0 Å². The summed E-state index contributed by atoms with van der Waals surface area (Å²) >= 11 is 0. The van der Waals surface area contributed by atoms with E-state index in [2.05, 4.69) is 6.07 Å². The van der Waals surface area contributed by atoms with Crippen molar-refractivity contribution in [3.63, 3.8) is 0 Å². The van der Waals surface area contributed by atoms with Crippen LogP contribution >= 0.6 is 0 Å². The molecule has 1 aromatic carbocycles. The van der Waals surface area contributed by atoms with Crippen molar-refractivity contribution in [2.45, 2.75) is 6.92 Å². The predicted octanol–water partition coefficient (Wildman–Crippen LogP) is -1.56. The molecule has 0 amide bonds. The van der Waals surface area contributed by atoms with Crippen molar-refractivity contribution in [2.24, 2.45) is 0 Å². The zero-order chi connectivity index (χ0) is 8.27. The van der Waals surface area contributed by atoms with Crippen molar-refractivity contribution >= 4 is 23.1 Å². The first kappa shape index (κ1) is 15.5. The summed E-state index contributed by atoms with van der Waals surface area (Å²) in [6, 6.07) is 6.66. The number of methoxy groups -OCH3 is 2. The molecule has 0 saturated heterocycles. The van der Waals surface area contributed by atoms with E-state index in [0.29, 0.717) is 0 Å². The maximum atomic E-state index is 5.11. The summed E-state index contributed by atoms with van der Waals surface area (Å²) in [6.07, 6.45) is 0. The smallest absolute Gasteiger partial charge is 1.00 e. The molecule has 0 N–H and O–H groups in total. The van der Waals surface area contributed by atoms with E-state index >= 15 is 0 Å². The Balaban J connectivity index is 0. The summed E-state index contributed by atoms with van der Waals surface area (Å²) in [5, 5.41) is 0. The molecule has 0 aliphatic rings. The predicted molar refractivity (Wildman–Crippen MR) is 48.9 cm³/mol. The van der Waals surface area contributed by atoms with Gasteiger partial charge in [0, 0.05) is 0 Å². The molecule has 0 unspecified atom stereocenters. The minimum atomic E-state index is 0. The largest absolute Gasteiger partial charge is 2.00 e. The van der Waals surface area contributed by atoms with E-state index in [0.717, 1.165) is 17.1 Å². The van der Waals surface area contributed by atoms with Gasteiger partial charge in [0.25, 0.3) is 0 Å². The second-order valence-electron chi connectivity index (χ2n) is 2.20. The van der Waals surface area contributed by atoms with Crippen LogP contribution in [0.1, 0.15) is 5.56 Å². The summed E-state index contributed by atoms with van der Waals surface area (Å²) in [4.78, 5) is 0. The molecule has 0 heterocycles. The fourth-order valence-electron chi connectivity index (χ4n) is 0.983. The monoisotopic (exact) mass is 254 g/mol. The molecule has 0 atom stereocenters. The average Bonchev–Trinajstić information content (AvgIpc) is 2.04. The van der Waals surface area contributed by atoms with Gasteiger partial charge in [-0.05, 0) is 0 Å². The van der Waals surface area contributed by atoms with Crippen LogP contribution in [0, 0.1) is 13.0 Å². The van der Waals surface area contributed by atoms with Crippen LogP contribution in [-0.2, 0) is 0 Å². The van der Waals surface area contributed by atoms with Crippen LogP contribution in [0.4, 0.5) is 0 Å². The van der Waals surface area contributed by atoms with E-state index in [1.807, 2.05) is 19.1 Å². The summed E-state index contributed by atoms with van der Waals surface area (Å²) in [6.45, 7) is 1.93. The molecule has 0 aliphatic carbocycles. The SMILES string of the molecule is COc1cc[c-]c(C)c1OC.[Br-].[Mg+2]. The molecule has 0 aliphatic heterocycles. The minimum absolute atomic E-state index is 0. The molecule has 0 saturated carbocycles. The molecule has 13 heavy (non-hydrogen) atoms. The van der Waals surface area contributed by atoms with Crippen molar-refractivity contribution in [1.29, 1.82) is 0 Å². The summed E-state index contributed by atoms with van der Waals surface area (Å²) in [5.41, 5.74) is 0.965. The summed E-state index contributed by atoms with van der Waals surface area (Å²) < 4.78 is 10.2. The molecule has 0 spiro atoms. The van der Waals surface area contributed by atoms with Crippen molar-refractivity contribution in [3.8, 4) is 11.5 Å². The Morgan fingerprint density at radius 2 is 1.85 bits per heavy atom. The maximum Gasteiger partial charge on any atom is 2.00 e. The molecule has 0 aromatic heterocycles. The van der Waals surface area contributed by atoms with E-state index < -0.39 is 0 Å². The van der Waals surface area contributed by atoms with Gasteiger partial charge in [-0.1, -0.05) is 6.92 Å². The van der Waals surface area contributed by atoms with Crippen LogP contribution in [0.25, 0.3) is 0 Å². The first-order chi connectivity index (χ1) is 5.29. The second kappa shape index (κ2) is 7.47. The number of halogens is 1. The number of aryl methyl sites for hydroxylation is 1. The normalized spacial score (nSPS) is 7.92. The van der Waals surface area contributed by atoms with Crippen LogP contribution in [0.2, 0.25) is 0 Å². The molecule has 4 heteroatoms. The zero-order valence-corrected chi connectivity index (χ0v) is 11.1. The quantitative estimate of drug-likeness (QED) is 0.470. The van der Waals surface area contributed by atoms with Gasteiger partial charge in [-0.2, -0.15) is 12.1 Å². The van der Waals surface area contributed by atoms with Crippen LogP contribution in [-0.4, -0.2) is 37.3 Å². The molecular formula is C9H11BrMgO2. The number of hydrogen-bond donors (Lipinski definition) is 0. The maximum absolute atomic E-state index is 5.11. The average molecular weight is 255 g/mol. The van der Waals surface area contributed by atoms with E-state index in [1.165, 1.54) is 0 Å². The topological polar surface area (TPSA) is 18.5 Å². The Morgan fingerprint density at radius 3 is 2.23 bits per heavy atom. The molecule has 0 bridgehead atoms. The van der Waals surface area contributed by atoms with E-state index in [9.17, 15) is 0 Å². The Bertz CT molecular complexity index is 253. The molecule has 0 radical (unpaired) electrons. The van der Waals surface area contributed by atoms with E-state index in [-0.39, 0.29) is 40.0 Å². The van der Waals surface area contributed by atoms with Gasteiger partial charge in [-0.3, -0.25) is 0 Å². The standard InChI is InChI=1S/C9H11O2.BrH.Mg/c1-7-5-4-6-8(10-2)9(7)11-3;;/h4,6H,1-3H3;1H;/q-1;;+2/p-1. The van der Waals surface area contributed by atoms with Gasteiger partial charge >= 0.3 is 23.1 Å². The fourth-order valence-corrected chi connectivity index (χ4v) is 0.983. The molecular weight excluding hydrogens is 244 g/mol. The third-order valence-corrected chi connectivity index (χ3v) is 1.52. The molecule has 1 rings (SSSR count). The number of benzene rings is 1. The van der Waals surface area contributed by atoms with Crippen LogP contribution in [0.15, 0.2) is 12.1 Å². The number of hydrogen-bond acceptors (Lipinski definition) is 2. The number of rotatable bonds is 2. The van der Waals surface area contributed by atoms with Gasteiger partial charge < -0.3 is 26.5 Å². The van der Waals surface area contributed by atoms with Crippen LogP contribution in [0.5, 0.6) is 11.5 Å². The van der Waals surface area contributed by atoms with Gasteiger partial charge in [0.05, 0.1) is 25.7 Å². The zero-order valence-electron chi connectivity index (χ0n) is 8.06. The van der Waals surface area contributed by atoms with Crippen molar-refractivity contribution in [3.05, 3.63) is 23.8 Å². The third kappa shape index (κ3) is 3.75. The third-order valence-electron chi connectivity index (χ3n) is 1.52. The van der Waals surface area contributed by atoms with E-state index in [4.69, 9.17) is 9.47 Å². The molecule has 0 fully saturated rings. The summed E-state index contributed by atoms with van der Waals surface area (Å²) in [7, 11) is 3.25. The van der Waals surface area contributed by atoms with Gasteiger partial charge in [-0.15, -0.1) is 11.6 Å². The first-order valence-electron chi connectivity index (χ1n) is 3.39. The Morgan fingerprint density at radius 1 is 1.23 bits per heavy atom. The molecule has 2 nitrogen and oxygen atoms in total. The summed E-state index contributed by atoms with van der Waals surface area (Å²) in [5.74, 6) is 1.51. The fraction of sp³-hybridized carbons (Fsp3) is 0.333. The number of ether oxygens (including phenoxy) is 2. The van der Waals surface area contributed by atoms with Gasteiger partial charge in [-0.25, -0.2) is 0 Å². The Labute approximate surface area is 106 Å². The van der Waals surface area contributed by atoms with Gasteiger partial charge in [0.15, 0.2) is 0 Å². The Hall–Kier alpha value is 0.0662.